The molecule has 6 nitrogen and oxygen atoms in total. The second-order valence-electron chi connectivity index (χ2n) is 5.76. The Morgan fingerprint density at radius 2 is 2.22 bits per heavy atom. The van der Waals surface area contributed by atoms with E-state index in [1.807, 2.05) is 31.2 Å². The quantitative estimate of drug-likeness (QED) is 0.937. The van der Waals surface area contributed by atoms with Gasteiger partial charge in [0.2, 0.25) is 5.91 Å². The molecule has 1 aliphatic heterocycles. The molecule has 1 N–H and O–H groups in total. The SMILES string of the molecule is CC(=O)N[C@@H]1CN(c2cccc(C#N)n2)C[C@H]1c1ccc(C)o1. The number of hydrogen-bond acceptors (Lipinski definition) is 5. The van der Waals surface area contributed by atoms with Gasteiger partial charge in [0, 0.05) is 20.0 Å². The van der Waals surface area contributed by atoms with Crippen LogP contribution in [0.25, 0.3) is 0 Å². The molecule has 1 fully saturated rings. The van der Waals surface area contributed by atoms with Crippen molar-refractivity contribution in [1.82, 2.24) is 10.3 Å². The number of pyridine rings is 1. The highest BCUT2D eigenvalue weighted by Crippen LogP contribution is 2.31. The molecule has 1 amide bonds. The third kappa shape index (κ3) is 3.19. The van der Waals surface area contributed by atoms with E-state index in [4.69, 9.17) is 9.68 Å². The second-order valence-corrected chi connectivity index (χ2v) is 5.76. The first-order chi connectivity index (χ1) is 11.1. The van der Waals surface area contributed by atoms with Crippen molar-refractivity contribution in [3.63, 3.8) is 0 Å². The standard InChI is InChI=1S/C17H18N4O2/c1-11-6-7-16(23-11)14-9-21(10-15(14)19-12(2)22)17-5-3-4-13(8-18)20-17/h3-7,14-15H,9-10H2,1-2H3,(H,19,22)/t14-,15-/m1/s1. The molecular weight excluding hydrogens is 292 g/mol. The van der Waals surface area contributed by atoms with Crippen LogP contribution in [0.4, 0.5) is 5.82 Å². The average molecular weight is 310 g/mol. The third-order valence-electron chi connectivity index (χ3n) is 4.01. The van der Waals surface area contributed by atoms with Crippen LogP contribution in [0.15, 0.2) is 34.7 Å². The smallest absolute Gasteiger partial charge is 0.217 e. The fraction of sp³-hybridized carbons (Fsp3) is 0.353. The Morgan fingerprint density at radius 3 is 2.87 bits per heavy atom. The first kappa shape index (κ1) is 15.1. The minimum atomic E-state index is -0.0659. The van der Waals surface area contributed by atoms with Gasteiger partial charge in [-0.2, -0.15) is 5.26 Å². The normalized spacial score (nSPS) is 20.3. The fourth-order valence-electron chi connectivity index (χ4n) is 3.00. The molecule has 0 aliphatic carbocycles. The van der Waals surface area contributed by atoms with Gasteiger partial charge in [0.1, 0.15) is 29.1 Å². The molecule has 0 aromatic carbocycles. The minimum absolute atomic E-state index is 0.0504. The van der Waals surface area contributed by atoms with E-state index in [0.29, 0.717) is 18.8 Å². The topological polar surface area (TPSA) is 82.2 Å². The molecular formula is C17H18N4O2. The molecule has 2 atom stereocenters. The molecule has 2 aromatic rings. The van der Waals surface area contributed by atoms with Crippen molar-refractivity contribution in [2.24, 2.45) is 0 Å². The summed E-state index contributed by atoms with van der Waals surface area (Å²) >= 11 is 0. The van der Waals surface area contributed by atoms with E-state index in [-0.39, 0.29) is 17.9 Å². The summed E-state index contributed by atoms with van der Waals surface area (Å²) in [6, 6.07) is 11.3. The average Bonchev–Trinajstić information content (AvgIpc) is 3.13. The molecule has 118 valence electrons. The monoisotopic (exact) mass is 310 g/mol. The van der Waals surface area contributed by atoms with Gasteiger partial charge < -0.3 is 14.6 Å². The highest BCUT2D eigenvalue weighted by Gasteiger charge is 2.37. The largest absolute Gasteiger partial charge is 0.466 e. The molecule has 0 spiro atoms. The predicted octanol–water partition coefficient (Wildman–Crippen LogP) is 1.96. The molecule has 1 aliphatic rings. The number of amides is 1. The van der Waals surface area contributed by atoms with Gasteiger partial charge in [-0.1, -0.05) is 6.07 Å². The van der Waals surface area contributed by atoms with Crippen LogP contribution in [-0.4, -0.2) is 30.0 Å². The lowest BCUT2D eigenvalue weighted by atomic mass is 10.0. The summed E-state index contributed by atoms with van der Waals surface area (Å²) in [6.45, 7) is 4.73. The number of aromatic nitrogens is 1. The van der Waals surface area contributed by atoms with Crippen molar-refractivity contribution in [2.75, 3.05) is 18.0 Å². The van der Waals surface area contributed by atoms with Crippen LogP contribution in [0.2, 0.25) is 0 Å². The maximum absolute atomic E-state index is 11.5. The van der Waals surface area contributed by atoms with Crippen LogP contribution in [0.1, 0.15) is 30.1 Å². The minimum Gasteiger partial charge on any atom is -0.466 e. The molecule has 0 bridgehead atoms. The predicted molar refractivity (Wildman–Crippen MR) is 85.0 cm³/mol. The van der Waals surface area contributed by atoms with E-state index < -0.39 is 0 Å². The third-order valence-corrected chi connectivity index (χ3v) is 4.01. The number of nitriles is 1. The lowest BCUT2D eigenvalue weighted by Gasteiger charge is -2.17. The zero-order chi connectivity index (χ0) is 16.4. The summed E-state index contributed by atoms with van der Waals surface area (Å²) < 4.78 is 5.76. The number of carbonyl (C=O) groups is 1. The summed E-state index contributed by atoms with van der Waals surface area (Å²) in [7, 11) is 0. The van der Waals surface area contributed by atoms with E-state index >= 15 is 0 Å². The Labute approximate surface area is 134 Å². The van der Waals surface area contributed by atoms with Gasteiger partial charge in [-0.15, -0.1) is 0 Å². The Bertz CT molecular complexity index is 762. The number of rotatable bonds is 3. The van der Waals surface area contributed by atoms with E-state index in [9.17, 15) is 4.79 Å². The van der Waals surface area contributed by atoms with Crippen LogP contribution in [0, 0.1) is 18.3 Å². The summed E-state index contributed by atoms with van der Waals surface area (Å²) in [5, 5.41) is 12.0. The van der Waals surface area contributed by atoms with Crippen LogP contribution >= 0.6 is 0 Å². The highest BCUT2D eigenvalue weighted by atomic mass is 16.3. The maximum Gasteiger partial charge on any atom is 0.217 e. The molecule has 0 saturated carbocycles. The Kier molecular flexibility index (Phi) is 4.02. The summed E-state index contributed by atoms with van der Waals surface area (Å²) in [5.74, 6) is 2.44. The summed E-state index contributed by atoms with van der Waals surface area (Å²) in [6.07, 6.45) is 0. The van der Waals surface area contributed by atoms with Crippen molar-refractivity contribution >= 4 is 11.7 Å². The van der Waals surface area contributed by atoms with Gasteiger partial charge in [-0.05, 0) is 31.2 Å². The van der Waals surface area contributed by atoms with E-state index in [0.717, 1.165) is 17.3 Å². The molecule has 6 heteroatoms. The number of aryl methyl sites for hydroxylation is 1. The van der Waals surface area contributed by atoms with Gasteiger partial charge >= 0.3 is 0 Å². The lowest BCUT2D eigenvalue weighted by molar-refractivity contribution is -0.119. The van der Waals surface area contributed by atoms with Crippen LogP contribution in [0.5, 0.6) is 0 Å². The van der Waals surface area contributed by atoms with Gasteiger partial charge in [0.25, 0.3) is 0 Å². The van der Waals surface area contributed by atoms with Gasteiger partial charge in [-0.25, -0.2) is 4.98 Å². The lowest BCUT2D eigenvalue weighted by Crippen LogP contribution is -2.38. The van der Waals surface area contributed by atoms with Crippen molar-refractivity contribution in [1.29, 1.82) is 5.26 Å². The van der Waals surface area contributed by atoms with Gasteiger partial charge in [0.15, 0.2) is 0 Å². The van der Waals surface area contributed by atoms with Crippen LogP contribution in [-0.2, 0) is 4.79 Å². The zero-order valence-electron chi connectivity index (χ0n) is 13.1. The van der Waals surface area contributed by atoms with E-state index in [2.05, 4.69) is 21.3 Å². The first-order valence-corrected chi connectivity index (χ1v) is 7.52. The van der Waals surface area contributed by atoms with Crippen molar-refractivity contribution in [2.45, 2.75) is 25.8 Å². The van der Waals surface area contributed by atoms with Crippen LogP contribution < -0.4 is 10.2 Å². The van der Waals surface area contributed by atoms with Crippen molar-refractivity contribution in [3.05, 3.63) is 47.5 Å². The zero-order valence-corrected chi connectivity index (χ0v) is 13.1. The number of anilines is 1. The number of nitrogens with one attached hydrogen (secondary N) is 1. The molecule has 0 radical (unpaired) electrons. The molecule has 0 unspecified atom stereocenters. The molecule has 3 heterocycles. The number of furan rings is 1. The number of hydrogen-bond donors (Lipinski definition) is 1. The summed E-state index contributed by atoms with van der Waals surface area (Å²) in [4.78, 5) is 17.9. The molecule has 23 heavy (non-hydrogen) atoms. The maximum atomic E-state index is 11.5. The molecule has 2 aromatic heterocycles. The highest BCUT2D eigenvalue weighted by molar-refractivity contribution is 5.73. The Balaban J connectivity index is 1.87. The van der Waals surface area contributed by atoms with Gasteiger partial charge in [0.05, 0.1) is 12.0 Å². The number of nitrogens with zero attached hydrogens (tertiary/aromatic N) is 3. The first-order valence-electron chi connectivity index (χ1n) is 7.52. The molecule has 1 saturated heterocycles. The number of carbonyl (C=O) groups excluding carboxylic acids is 1. The molecule has 3 rings (SSSR count). The van der Waals surface area contributed by atoms with Gasteiger partial charge in [-0.3, -0.25) is 4.79 Å². The van der Waals surface area contributed by atoms with E-state index in [1.54, 1.807) is 6.07 Å². The fourth-order valence-corrected chi connectivity index (χ4v) is 3.00. The second kappa shape index (κ2) is 6.13. The summed E-state index contributed by atoms with van der Waals surface area (Å²) in [5.41, 5.74) is 0.385. The Hall–Kier alpha value is -2.81. The van der Waals surface area contributed by atoms with E-state index in [1.165, 1.54) is 6.92 Å². The van der Waals surface area contributed by atoms with Crippen LogP contribution in [0.3, 0.4) is 0 Å². The van der Waals surface area contributed by atoms with Crippen molar-refractivity contribution in [3.8, 4) is 6.07 Å². The Morgan fingerprint density at radius 1 is 1.39 bits per heavy atom. The van der Waals surface area contributed by atoms with Crippen molar-refractivity contribution < 1.29 is 9.21 Å².